The third kappa shape index (κ3) is 4.27. The van der Waals surface area contributed by atoms with Crippen molar-refractivity contribution < 1.29 is 18.3 Å². The van der Waals surface area contributed by atoms with Crippen molar-refractivity contribution in [3.05, 3.63) is 99.1 Å². The summed E-state index contributed by atoms with van der Waals surface area (Å²) < 4.78 is 25.0. The van der Waals surface area contributed by atoms with Crippen LogP contribution in [0.3, 0.4) is 0 Å². The molecule has 0 bridgehead atoms. The fraction of sp³-hybridized carbons (Fsp3) is 0.0435. The summed E-state index contributed by atoms with van der Waals surface area (Å²) in [5.74, 6) is -0.121. The van der Waals surface area contributed by atoms with Gasteiger partial charge in [-0.3, -0.25) is 4.79 Å². The van der Waals surface area contributed by atoms with Crippen LogP contribution in [0.5, 0.6) is 5.75 Å². The Balaban J connectivity index is 1.55. The maximum atomic E-state index is 13.1. The molecule has 0 aliphatic heterocycles. The zero-order valence-electron chi connectivity index (χ0n) is 15.0. The van der Waals surface area contributed by atoms with Crippen LogP contribution in [0.25, 0.3) is 22.1 Å². The molecule has 0 atom stereocenters. The van der Waals surface area contributed by atoms with Crippen molar-refractivity contribution in [3.8, 4) is 16.9 Å². The van der Waals surface area contributed by atoms with Crippen molar-refractivity contribution in [1.82, 2.24) is 0 Å². The van der Waals surface area contributed by atoms with E-state index in [1.165, 1.54) is 24.3 Å². The average molecular weight is 453 g/mol. The molecule has 0 radical (unpaired) electrons. The molecule has 3 aromatic carbocycles. The van der Waals surface area contributed by atoms with E-state index in [1.807, 2.05) is 0 Å². The van der Waals surface area contributed by atoms with Crippen LogP contribution in [0.2, 0.25) is 0 Å². The van der Waals surface area contributed by atoms with Crippen LogP contribution >= 0.6 is 15.9 Å². The van der Waals surface area contributed by atoms with Crippen molar-refractivity contribution in [2.75, 3.05) is 6.61 Å². The molecular weight excluding hydrogens is 439 g/mol. The minimum absolute atomic E-state index is 0.134. The molecule has 0 aliphatic carbocycles. The molecule has 0 saturated carbocycles. The molecule has 4 aromatic rings. The van der Waals surface area contributed by atoms with Crippen LogP contribution in [0, 0.1) is 5.82 Å². The van der Waals surface area contributed by atoms with Gasteiger partial charge in [-0.05, 0) is 48.0 Å². The molecule has 29 heavy (non-hydrogen) atoms. The van der Waals surface area contributed by atoms with E-state index in [0.717, 1.165) is 4.47 Å². The number of Topliss-reactive ketones (excluding diaryl/α,β-unsaturated/α-hetero) is 1. The Hall–Kier alpha value is -3.25. The summed E-state index contributed by atoms with van der Waals surface area (Å²) >= 11 is 3.33. The number of ketones is 1. The van der Waals surface area contributed by atoms with Gasteiger partial charge in [0, 0.05) is 21.5 Å². The van der Waals surface area contributed by atoms with E-state index < -0.39 is 5.63 Å². The highest BCUT2D eigenvalue weighted by Gasteiger charge is 2.11. The van der Waals surface area contributed by atoms with Crippen molar-refractivity contribution in [1.29, 1.82) is 0 Å². The van der Waals surface area contributed by atoms with Gasteiger partial charge in [0.05, 0.1) is 5.56 Å². The predicted octanol–water partition coefficient (Wildman–Crippen LogP) is 5.62. The fourth-order valence-electron chi connectivity index (χ4n) is 2.88. The first-order valence-electron chi connectivity index (χ1n) is 8.75. The summed E-state index contributed by atoms with van der Waals surface area (Å²) in [6.45, 7) is -0.134. The number of carbonyl (C=O) groups is 1. The van der Waals surface area contributed by atoms with Crippen LogP contribution in [-0.2, 0) is 0 Å². The van der Waals surface area contributed by atoms with Gasteiger partial charge in [0.25, 0.3) is 0 Å². The largest absolute Gasteiger partial charge is 0.485 e. The zero-order chi connectivity index (χ0) is 20.4. The van der Waals surface area contributed by atoms with Crippen LogP contribution in [0.4, 0.5) is 4.39 Å². The van der Waals surface area contributed by atoms with Gasteiger partial charge < -0.3 is 9.15 Å². The van der Waals surface area contributed by atoms with Crippen molar-refractivity contribution >= 4 is 32.7 Å². The zero-order valence-corrected chi connectivity index (χ0v) is 16.6. The van der Waals surface area contributed by atoms with Gasteiger partial charge in [-0.15, -0.1) is 0 Å². The highest BCUT2D eigenvalue weighted by Crippen LogP contribution is 2.25. The predicted molar refractivity (Wildman–Crippen MR) is 112 cm³/mol. The Bertz CT molecular complexity index is 1240. The second kappa shape index (κ2) is 8.01. The van der Waals surface area contributed by atoms with E-state index in [4.69, 9.17) is 9.15 Å². The quantitative estimate of drug-likeness (QED) is 0.291. The standard InChI is InChI=1S/C23H14BrFO4/c24-17-6-1-15(2-7-17)21(26)13-28-19-10-5-16-11-20(23(27)29-22(16)12-19)14-3-8-18(25)9-4-14/h1-12H,13H2. The Kier molecular flexibility index (Phi) is 5.27. The van der Waals surface area contributed by atoms with Crippen molar-refractivity contribution in [3.63, 3.8) is 0 Å². The first-order valence-corrected chi connectivity index (χ1v) is 9.54. The first kappa shape index (κ1) is 19.1. The second-order valence-electron chi connectivity index (χ2n) is 6.37. The number of ether oxygens (including phenoxy) is 1. The molecular formula is C23H14BrFO4. The third-order valence-electron chi connectivity index (χ3n) is 4.40. The number of rotatable bonds is 5. The van der Waals surface area contributed by atoms with E-state index in [2.05, 4.69) is 15.9 Å². The van der Waals surface area contributed by atoms with Crippen LogP contribution in [0.1, 0.15) is 10.4 Å². The summed E-state index contributed by atoms with van der Waals surface area (Å²) in [6.07, 6.45) is 0. The lowest BCUT2D eigenvalue weighted by Gasteiger charge is -2.07. The highest BCUT2D eigenvalue weighted by molar-refractivity contribution is 9.10. The molecule has 0 fully saturated rings. The van der Waals surface area contributed by atoms with Crippen LogP contribution in [0.15, 0.2) is 86.5 Å². The molecule has 0 spiro atoms. The van der Waals surface area contributed by atoms with Gasteiger partial charge in [-0.2, -0.15) is 0 Å². The summed E-state index contributed by atoms with van der Waals surface area (Å²) in [4.78, 5) is 24.6. The molecule has 4 rings (SSSR count). The molecule has 0 aliphatic rings. The van der Waals surface area contributed by atoms with E-state index in [0.29, 0.717) is 33.4 Å². The lowest BCUT2D eigenvalue weighted by molar-refractivity contribution is 0.0921. The molecule has 1 aromatic heterocycles. The Morgan fingerprint density at radius 3 is 2.41 bits per heavy atom. The van der Waals surface area contributed by atoms with Crippen molar-refractivity contribution in [2.24, 2.45) is 0 Å². The summed E-state index contributed by atoms with van der Waals surface area (Å²) in [7, 11) is 0. The molecule has 6 heteroatoms. The third-order valence-corrected chi connectivity index (χ3v) is 4.93. The fourth-order valence-corrected chi connectivity index (χ4v) is 3.14. The number of hydrogen-bond donors (Lipinski definition) is 0. The minimum atomic E-state index is -0.535. The molecule has 0 saturated heterocycles. The number of fused-ring (bicyclic) bond motifs is 1. The summed E-state index contributed by atoms with van der Waals surface area (Å²) in [5.41, 5.74) is 1.27. The number of hydrogen-bond acceptors (Lipinski definition) is 4. The Labute approximate surface area is 173 Å². The average Bonchev–Trinajstić information content (AvgIpc) is 2.72. The maximum absolute atomic E-state index is 13.1. The van der Waals surface area contributed by atoms with E-state index >= 15 is 0 Å². The second-order valence-corrected chi connectivity index (χ2v) is 7.29. The van der Waals surface area contributed by atoms with Gasteiger partial charge in [0.1, 0.15) is 17.1 Å². The molecule has 1 heterocycles. The SMILES string of the molecule is O=C(COc1ccc2cc(-c3ccc(F)cc3)c(=O)oc2c1)c1ccc(Br)cc1. The van der Waals surface area contributed by atoms with E-state index in [1.54, 1.807) is 48.5 Å². The van der Waals surface area contributed by atoms with Crippen molar-refractivity contribution in [2.45, 2.75) is 0 Å². The Morgan fingerprint density at radius 2 is 1.69 bits per heavy atom. The molecule has 0 unspecified atom stereocenters. The van der Waals surface area contributed by atoms with Gasteiger partial charge in [0.15, 0.2) is 12.4 Å². The number of carbonyl (C=O) groups excluding carboxylic acids is 1. The lowest BCUT2D eigenvalue weighted by Crippen LogP contribution is -2.11. The van der Waals surface area contributed by atoms with Crippen LogP contribution in [-0.4, -0.2) is 12.4 Å². The van der Waals surface area contributed by atoms with Gasteiger partial charge in [-0.1, -0.05) is 40.2 Å². The van der Waals surface area contributed by atoms with Gasteiger partial charge in [-0.25, -0.2) is 9.18 Å². The topological polar surface area (TPSA) is 56.5 Å². The molecule has 0 amide bonds. The number of benzene rings is 3. The first-order chi connectivity index (χ1) is 14.0. The Morgan fingerprint density at radius 1 is 0.966 bits per heavy atom. The lowest BCUT2D eigenvalue weighted by atomic mass is 10.1. The highest BCUT2D eigenvalue weighted by atomic mass is 79.9. The van der Waals surface area contributed by atoms with E-state index in [9.17, 15) is 14.0 Å². The van der Waals surface area contributed by atoms with Crippen LogP contribution < -0.4 is 10.4 Å². The van der Waals surface area contributed by atoms with Gasteiger partial charge in [0.2, 0.25) is 0 Å². The monoisotopic (exact) mass is 452 g/mol. The maximum Gasteiger partial charge on any atom is 0.344 e. The smallest absolute Gasteiger partial charge is 0.344 e. The normalized spacial score (nSPS) is 10.8. The summed E-state index contributed by atoms with van der Waals surface area (Å²) in [6, 6.07) is 19.3. The van der Waals surface area contributed by atoms with Gasteiger partial charge >= 0.3 is 5.63 Å². The molecule has 144 valence electrons. The minimum Gasteiger partial charge on any atom is -0.485 e. The molecule has 4 nitrogen and oxygen atoms in total. The number of halogens is 2. The molecule has 0 N–H and O–H groups in total. The summed E-state index contributed by atoms with van der Waals surface area (Å²) in [5, 5.41) is 0.690. The van der Waals surface area contributed by atoms with E-state index in [-0.39, 0.29) is 18.2 Å².